The Morgan fingerprint density at radius 2 is 1.57 bits per heavy atom. The number of benzene rings is 1. The van der Waals surface area contributed by atoms with E-state index < -0.39 is 0 Å². The van der Waals surface area contributed by atoms with E-state index in [1.54, 1.807) is 11.8 Å². The summed E-state index contributed by atoms with van der Waals surface area (Å²) in [6.07, 6.45) is 12.4. The second-order valence-electron chi connectivity index (χ2n) is 8.59. The molecule has 2 fully saturated rings. The number of nitrogens with zero attached hydrogens (tertiary/aromatic N) is 4. The van der Waals surface area contributed by atoms with Gasteiger partial charge in [-0.05, 0) is 32.6 Å². The van der Waals surface area contributed by atoms with Crippen molar-refractivity contribution in [3.8, 4) is 11.4 Å². The van der Waals surface area contributed by atoms with E-state index in [-0.39, 0.29) is 0 Å². The van der Waals surface area contributed by atoms with Crippen LogP contribution in [0.2, 0.25) is 0 Å². The van der Waals surface area contributed by atoms with Crippen LogP contribution in [0, 0.1) is 0 Å². The summed E-state index contributed by atoms with van der Waals surface area (Å²) in [6, 6.07) is 11.1. The molecular weight excluding hydrogens is 392 g/mol. The minimum atomic E-state index is 0.297. The van der Waals surface area contributed by atoms with Gasteiger partial charge in [0.1, 0.15) is 0 Å². The first kappa shape index (κ1) is 21.4. The van der Waals surface area contributed by atoms with Crippen LogP contribution in [0.5, 0.6) is 0 Å². The van der Waals surface area contributed by atoms with Crippen molar-refractivity contribution >= 4 is 17.7 Å². The molecule has 1 aromatic heterocycles. The lowest BCUT2D eigenvalue weighted by Crippen LogP contribution is -2.49. The van der Waals surface area contributed by atoms with Gasteiger partial charge in [0.25, 0.3) is 0 Å². The Kier molecular flexibility index (Phi) is 7.47. The Morgan fingerprint density at radius 3 is 2.13 bits per heavy atom. The largest absolute Gasteiger partial charge is 0.336 e. The topological polar surface area (TPSA) is 51.0 Å². The standard InChI is InChI=1S/C24H34N4OS/c1-2-27-23(19-12-6-3-7-13-19)25-26-24(27)30-18-22(29)28(20-14-8-4-9-15-20)21-16-10-5-11-17-21/h3,6-7,12-13,20-21H,2,4-5,8-11,14-18H2,1H3. The lowest BCUT2D eigenvalue weighted by molar-refractivity contribution is -0.135. The van der Waals surface area contributed by atoms with Crippen LogP contribution in [-0.4, -0.2) is 43.4 Å². The number of hydrogen-bond acceptors (Lipinski definition) is 4. The minimum absolute atomic E-state index is 0.297. The van der Waals surface area contributed by atoms with Gasteiger partial charge in [0.2, 0.25) is 5.91 Å². The number of thioether (sulfide) groups is 1. The number of rotatable bonds is 7. The monoisotopic (exact) mass is 426 g/mol. The van der Waals surface area contributed by atoms with Crippen LogP contribution < -0.4 is 0 Å². The maximum atomic E-state index is 13.4. The average Bonchev–Trinajstić information content (AvgIpc) is 3.23. The molecule has 0 spiro atoms. The fourth-order valence-corrected chi connectivity index (χ4v) is 5.98. The molecule has 5 nitrogen and oxygen atoms in total. The molecule has 2 aliphatic carbocycles. The van der Waals surface area contributed by atoms with Crippen LogP contribution in [0.1, 0.15) is 71.1 Å². The molecule has 1 amide bonds. The van der Waals surface area contributed by atoms with E-state index >= 15 is 0 Å². The minimum Gasteiger partial charge on any atom is -0.336 e. The molecule has 0 radical (unpaired) electrons. The van der Waals surface area contributed by atoms with Gasteiger partial charge in [0.15, 0.2) is 11.0 Å². The van der Waals surface area contributed by atoms with Gasteiger partial charge in [-0.15, -0.1) is 10.2 Å². The second-order valence-corrected chi connectivity index (χ2v) is 9.53. The zero-order valence-electron chi connectivity index (χ0n) is 18.1. The summed E-state index contributed by atoms with van der Waals surface area (Å²) in [5.41, 5.74) is 1.07. The molecule has 2 saturated carbocycles. The number of amides is 1. The third-order valence-electron chi connectivity index (χ3n) is 6.61. The zero-order valence-corrected chi connectivity index (χ0v) is 18.9. The Balaban J connectivity index is 1.47. The number of aromatic nitrogens is 3. The van der Waals surface area contributed by atoms with E-state index in [2.05, 4.69) is 38.7 Å². The predicted octanol–water partition coefficient (Wildman–Crippen LogP) is 5.55. The number of hydrogen-bond donors (Lipinski definition) is 0. The van der Waals surface area contributed by atoms with Gasteiger partial charge in [0.05, 0.1) is 5.75 Å². The van der Waals surface area contributed by atoms with Crippen LogP contribution in [0.4, 0.5) is 0 Å². The summed E-state index contributed by atoms with van der Waals surface area (Å²) in [5.74, 6) is 1.63. The fraction of sp³-hybridized carbons (Fsp3) is 0.625. The summed E-state index contributed by atoms with van der Waals surface area (Å²) in [7, 11) is 0. The molecule has 4 rings (SSSR count). The average molecular weight is 427 g/mol. The summed E-state index contributed by atoms with van der Waals surface area (Å²) < 4.78 is 2.12. The number of carbonyl (C=O) groups excluding carboxylic acids is 1. The van der Waals surface area contributed by atoms with Crippen molar-refractivity contribution in [1.29, 1.82) is 0 Å². The van der Waals surface area contributed by atoms with Crippen molar-refractivity contribution in [1.82, 2.24) is 19.7 Å². The molecule has 1 heterocycles. The normalized spacial score (nSPS) is 18.4. The molecule has 0 unspecified atom stereocenters. The highest BCUT2D eigenvalue weighted by molar-refractivity contribution is 7.99. The van der Waals surface area contributed by atoms with Crippen molar-refractivity contribution in [2.75, 3.05) is 5.75 Å². The van der Waals surface area contributed by atoms with Crippen molar-refractivity contribution in [2.24, 2.45) is 0 Å². The highest BCUT2D eigenvalue weighted by Gasteiger charge is 2.32. The Hall–Kier alpha value is -1.82. The molecule has 0 N–H and O–H groups in total. The van der Waals surface area contributed by atoms with Gasteiger partial charge in [0, 0.05) is 24.2 Å². The maximum Gasteiger partial charge on any atom is 0.233 e. The fourth-order valence-electron chi connectivity index (χ4n) is 5.11. The van der Waals surface area contributed by atoms with E-state index in [0.29, 0.717) is 23.7 Å². The number of carbonyl (C=O) groups is 1. The van der Waals surface area contributed by atoms with Gasteiger partial charge in [-0.1, -0.05) is 80.6 Å². The van der Waals surface area contributed by atoms with E-state index in [1.165, 1.54) is 64.2 Å². The van der Waals surface area contributed by atoms with Crippen LogP contribution in [0.3, 0.4) is 0 Å². The summed E-state index contributed by atoms with van der Waals surface area (Å²) in [6.45, 7) is 2.90. The summed E-state index contributed by atoms with van der Waals surface area (Å²) in [4.78, 5) is 15.7. The van der Waals surface area contributed by atoms with Crippen LogP contribution >= 0.6 is 11.8 Å². The summed E-state index contributed by atoms with van der Waals surface area (Å²) in [5, 5.41) is 9.70. The van der Waals surface area contributed by atoms with Crippen LogP contribution in [-0.2, 0) is 11.3 Å². The Bertz CT molecular complexity index is 792. The molecule has 162 valence electrons. The molecule has 2 aliphatic rings. The molecular formula is C24H34N4OS. The van der Waals surface area contributed by atoms with Crippen molar-refractivity contribution in [2.45, 2.75) is 94.9 Å². The van der Waals surface area contributed by atoms with Crippen LogP contribution in [0.25, 0.3) is 11.4 Å². The van der Waals surface area contributed by atoms with Crippen molar-refractivity contribution in [3.63, 3.8) is 0 Å². The maximum absolute atomic E-state index is 13.4. The van der Waals surface area contributed by atoms with Gasteiger partial charge in [-0.25, -0.2) is 0 Å². The first-order chi connectivity index (χ1) is 14.8. The molecule has 0 aliphatic heterocycles. The third-order valence-corrected chi connectivity index (χ3v) is 7.57. The van der Waals surface area contributed by atoms with E-state index in [9.17, 15) is 4.79 Å². The highest BCUT2D eigenvalue weighted by atomic mass is 32.2. The molecule has 6 heteroatoms. The van der Waals surface area contributed by atoms with Crippen LogP contribution in [0.15, 0.2) is 35.5 Å². The first-order valence-electron chi connectivity index (χ1n) is 11.7. The lowest BCUT2D eigenvalue weighted by atomic mass is 9.88. The molecule has 0 saturated heterocycles. The van der Waals surface area contributed by atoms with E-state index in [0.717, 1.165) is 23.1 Å². The third kappa shape index (κ3) is 4.90. The Morgan fingerprint density at radius 1 is 0.967 bits per heavy atom. The zero-order chi connectivity index (χ0) is 20.8. The van der Waals surface area contributed by atoms with Crippen molar-refractivity contribution in [3.05, 3.63) is 30.3 Å². The smallest absolute Gasteiger partial charge is 0.233 e. The highest BCUT2D eigenvalue weighted by Crippen LogP contribution is 2.32. The second kappa shape index (κ2) is 10.5. The first-order valence-corrected chi connectivity index (χ1v) is 12.7. The Labute approximate surface area is 184 Å². The summed E-state index contributed by atoms with van der Waals surface area (Å²) >= 11 is 1.55. The van der Waals surface area contributed by atoms with Crippen molar-refractivity contribution < 1.29 is 4.79 Å². The SMILES string of the molecule is CCn1c(SCC(=O)N(C2CCCCC2)C2CCCCC2)nnc1-c1ccccc1. The quantitative estimate of drug-likeness (QED) is 0.545. The predicted molar refractivity (Wildman–Crippen MR) is 122 cm³/mol. The molecule has 1 aromatic carbocycles. The van der Waals surface area contributed by atoms with Gasteiger partial charge >= 0.3 is 0 Å². The van der Waals surface area contributed by atoms with Gasteiger partial charge < -0.3 is 9.47 Å². The molecule has 0 bridgehead atoms. The molecule has 0 atom stereocenters. The molecule has 2 aromatic rings. The van der Waals surface area contributed by atoms with Gasteiger partial charge in [-0.3, -0.25) is 4.79 Å². The molecule has 30 heavy (non-hydrogen) atoms. The van der Waals surface area contributed by atoms with E-state index in [1.807, 2.05) is 18.2 Å². The lowest BCUT2D eigenvalue weighted by Gasteiger charge is -2.41. The van der Waals surface area contributed by atoms with Gasteiger partial charge in [-0.2, -0.15) is 0 Å². The van der Waals surface area contributed by atoms with E-state index in [4.69, 9.17) is 0 Å².